The molecule has 0 aromatic carbocycles. The van der Waals surface area contributed by atoms with E-state index in [0.717, 1.165) is 36.7 Å². The van der Waals surface area contributed by atoms with Crippen molar-refractivity contribution in [3.63, 3.8) is 0 Å². The van der Waals surface area contributed by atoms with Gasteiger partial charge in [0.05, 0.1) is 0 Å². The van der Waals surface area contributed by atoms with Gasteiger partial charge in [-0.3, -0.25) is 4.79 Å². The maximum absolute atomic E-state index is 10.7. The zero-order chi connectivity index (χ0) is 14.0. The Labute approximate surface area is 116 Å². The average molecular weight is 260 g/mol. The summed E-state index contributed by atoms with van der Waals surface area (Å²) in [6.07, 6.45) is 4.97. The molecule has 104 valence electrons. The molecule has 1 aromatic heterocycles. The Morgan fingerprint density at radius 1 is 1.32 bits per heavy atom. The Kier molecular flexibility index (Phi) is 3.93. The number of pyridine rings is 1. The number of anilines is 1. The number of aryl methyl sites for hydroxylation is 1. The highest BCUT2D eigenvalue weighted by atomic mass is 16.1. The van der Waals surface area contributed by atoms with Crippen molar-refractivity contribution in [2.24, 2.45) is 11.3 Å². The first-order chi connectivity index (χ1) is 8.91. The lowest BCUT2D eigenvalue weighted by Crippen LogP contribution is -2.38. The first-order valence-corrected chi connectivity index (χ1v) is 7.08. The number of aromatic nitrogens is 1. The fraction of sp³-hybridized carbons (Fsp3) is 0.625. The van der Waals surface area contributed by atoms with Gasteiger partial charge in [-0.1, -0.05) is 20.8 Å². The molecule has 0 unspecified atom stereocenters. The molecule has 0 aliphatic carbocycles. The van der Waals surface area contributed by atoms with Crippen molar-refractivity contribution in [2.45, 2.75) is 40.5 Å². The van der Waals surface area contributed by atoms with E-state index in [4.69, 9.17) is 0 Å². The Morgan fingerprint density at radius 3 is 2.42 bits per heavy atom. The lowest BCUT2D eigenvalue weighted by Gasteiger charge is -2.39. The van der Waals surface area contributed by atoms with E-state index in [9.17, 15) is 4.79 Å². The Bertz CT molecular complexity index is 454. The van der Waals surface area contributed by atoms with Crippen molar-refractivity contribution in [3.8, 4) is 0 Å². The van der Waals surface area contributed by atoms with E-state index in [0.29, 0.717) is 11.0 Å². The Morgan fingerprint density at radius 2 is 1.95 bits per heavy atom. The normalized spacial score (nSPS) is 17.6. The standard InChI is InChI=1S/C16H24N2O/c1-12-9-13(11-19)10-17-15(12)18-7-5-14(6-8-18)16(2,3)4/h9-11,14H,5-8H2,1-4H3. The molecule has 0 amide bonds. The molecule has 0 spiro atoms. The number of nitrogens with zero attached hydrogens (tertiary/aromatic N) is 2. The summed E-state index contributed by atoms with van der Waals surface area (Å²) < 4.78 is 0. The van der Waals surface area contributed by atoms with E-state index in [1.165, 1.54) is 12.8 Å². The van der Waals surface area contributed by atoms with Gasteiger partial charge in [0.1, 0.15) is 5.82 Å². The topological polar surface area (TPSA) is 33.2 Å². The molecule has 3 heteroatoms. The molecule has 3 nitrogen and oxygen atoms in total. The lowest BCUT2D eigenvalue weighted by atomic mass is 9.75. The number of piperidine rings is 1. The van der Waals surface area contributed by atoms with Gasteiger partial charge in [-0.25, -0.2) is 4.98 Å². The molecule has 0 bridgehead atoms. The van der Waals surface area contributed by atoms with Crippen LogP contribution in [0.4, 0.5) is 5.82 Å². The zero-order valence-electron chi connectivity index (χ0n) is 12.4. The van der Waals surface area contributed by atoms with Gasteiger partial charge in [-0.05, 0) is 42.7 Å². The van der Waals surface area contributed by atoms with Gasteiger partial charge in [-0.2, -0.15) is 0 Å². The van der Waals surface area contributed by atoms with Crippen LogP contribution in [0.5, 0.6) is 0 Å². The summed E-state index contributed by atoms with van der Waals surface area (Å²) in [5.74, 6) is 1.83. The molecule has 0 saturated carbocycles. The summed E-state index contributed by atoms with van der Waals surface area (Å²) in [5, 5.41) is 0. The second-order valence-electron chi connectivity index (χ2n) is 6.65. The van der Waals surface area contributed by atoms with E-state index in [1.54, 1.807) is 6.20 Å². The third kappa shape index (κ3) is 3.14. The van der Waals surface area contributed by atoms with Crippen LogP contribution in [0, 0.1) is 18.3 Å². The molecule has 19 heavy (non-hydrogen) atoms. The van der Waals surface area contributed by atoms with E-state index >= 15 is 0 Å². The van der Waals surface area contributed by atoms with Crippen LogP contribution >= 0.6 is 0 Å². The number of carbonyl (C=O) groups is 1. The van der Waals surface area contributed by atoms with Crippen molar-refractivity contribution < 1.29 is 4.79 Å². The lowest BCUT2D eigenvalue weighted by molar-refractivity contribution is 0.112. The minimum atomic E-state index is 0.399. The van der Waals surface area contributed by atoms with E-state index < -0.39 is 0 Å². The summed E-state index contributed by atoms with van der Waals surface area (Å²) in [5.41, 5.74) is 2.15. The van der Waals surface area contributed by atoms with Crippen LogP contribution in [0.15, 0.2) is 12.3 Å². The van der Waals surface area contributed by atoms with Crippen LogP contribution in [0.1, 0.15) is 49.5 Å². The molecule has 1 saturated heterocycles. The molecule has 1 aliphatic heterocycles. The van der Waals surface area contributed by atoms with Gasteiger partial charge in [-0.15, -0.1) is 0 Å². The minimum absolute atomic E-state index is 0.399. The number of hydrogen-bond donors (Lipinski definition) is 0. The van der Waals surface area contributed by atoms with Gasteiger partial charge in [0.15, 0.2) is 6.29 Å². The Hall–Kier alpha value is -1.38. The van der Waals surface area contributed by atoms with Crippen LogP contribution in [0.3, 0.4) is 0 Å². The summed E-state index contributed by atoms with van der Waals surface area (Å²) in [4.78, 5) is 17.6. The first kappa shape index (κ1) is 14.0. The van der Waals surface area contributed by atoms with E-state index in [1.807, 2.05) is 13.0 Å². The van der Waals surface area contributed by atoms with Crippen molar-refractivity contribution in [1.29, 1.82) is 0 Å². The van der Waals surface area contributed by atoms with Crippen LogP contribution in [-0.4, -0.2) is 24.4 Å². The quantitative estimate of drug-likeness (QED) is 0.763. The molecule has 2 rings (SSSR count). The summed E-state index contributed by atoms with van der Waals surface area (Å²) in [6, 6.07) is 1.92. The number of rotatable bonds is 2. The van der Waals surface area contributed by atoms with Crippen LogP contribution in [0.2, 0.25) is 0 Å². The highest BCUT2D eigenvalue weighted by Crippen LogP contribution is 2.35. The smallest absolute Gasteiger partial charge is 0.151 e. The summed E-state index contributed by atoms with van der Waals surface area (Å²) in [6.45, 7) is 11.2. The van der Waals surface area contributed by atoms with Crippen molar-refractivity contribution >= 4 is 12.1 Å². The van der Waals surface area contributed by atoms with Crippen LogP contribution in [-0.2, 0) is 0 Å². The average Bonchev–Trinajstić information content (AvgIpc) is 2.37. The zero-order valence-corrected chi connectivity index (χ0v) is 12.4. The third-order valence-corrected chi connectivity index (χ3v) is 4.23. The predicted molar refractivity (Wildman–Crippen MR) is 78.8 cm³/mol. The molecule has 1 aliphatic rings. The molecule has 1 aromatic rings. The van der Waals surface area contributed by atoms with Gasteiger partial charge in [0.25, 0.3) is 0 Å². The van der Waals surface area contributed by atoms with Gasteiger partial charge in [0.2, 0.25) is 0 Å². The molecule has 0 N–H and O–H groups in total. The van der Waals surface area contributed by atoms with Gasteiger partial charge < -0.3 is 4.90 Å². The molecule has 0 radical (unpaired) electrons. The second-order valence-corrected chi connectivity index (χ2v) is 6.65. The highest BCUT2D eigenvalue weighted by molar-refractivity contribution is 5.75. The fourth-order valence-corrected chi connectivity index (χ4v) is 2.94. The SMILES string of the molecule is Cc1cc(C=O)cnc1N1CCC(C(C)(C)C)CC1. The second kappa shape index (κ2) is 5.32. The van der Waals surface area contributed by atoms with E-state index in [2.05, 4.69) is 30.7 Å². The maximum Gasteiger partial charge on any atom is 0.151 e. The van der Waals surface area contributed by atoms with Crippen molar-refractivity contribution in [2.75, 3.05) is 18.0 Å². The van der Waals surface area contributed by atoms with Crippen LogP contribution < -0.4 is 4.90 Å². The maximum atomic E-state index is 10.7. The molecule has 1 fully saturated rings. The summed E-state index contributed by atoms with van der Waals surface area (Å²) in [7, 11) is 0. The third-order valence-electron chi connectivity index (χ3n) is 4.23. The first-order valence-electron chi connectivity index (χ1n) is 7.08. The monoisotopic (exact) mass is 260 g/mol. The van der Waals surface area contributed by atoms with Gasteiger partial charge >= 0.3 is 0 Å². The minimum Gasteiger partial charge on any atom is -0.356 e. The van der Waals surface area contributed by atoms with E-state index in [-0.39, 0.29) is 0 Å². The molecular weight excluding hydrogens is 236 g/mol. The highest BCUT2D eigenvalue weighted by Gasteiger charge is 2.29. The largest absolute Gasteiger partial charge is 0.356 e. The Balaban J connectivity index is 2.08. The molecule has 0 atom stereocenters. The van der Waals surface area contributed by atoms with Crippen molar-refractivity contribution in [1.82, 2.24) is 4.98 Å². The number of carbonyl (C=O) groups excluding carboxylic acids is 1. The number of aldehydes is 1. The number of hydrogen-bond acceptors (Lipinski definition) is 3. The molecule has 2 heterocycles. The van der Waals surface area contributed by atoms with Crippen molar-refractivity contribution in [3.05, 3.63) is 23.4 Å². The summed E-state index contributed by atoms with van der Waals surface area (Å²) >= 11 is 0. The predicted octanol–water partition coefficient (Wildman–Crippen LogP) is 3.47. The fourth-order valence-electron chi connectivity index (χ4n) is 2.94. The van der Waals surface area contributed by atoms with Crippen LogP contribution in [0.25, 0.3) is 0 Å². The molecular formula is C16H24N2O. The van der Waals surface area contributed by atoms with Gasteiger partial charge in [0, 0.05) is 24.8 Å².